The van der Waals surface area contributed by atoms with E-state index in [0.29, 0.717) is 18.7 Å². The Balaban J connectivity index is 1.71. The van der Waals surface area contributed by atoms with Crippen molar-refractivity contribution in [1.82, 2.24) is 14.8 Å². The minimum atomic E-state index is -0.483. The number of amides is 2. The highest BCUT2D eigenvalue weighted by molar-refractivity contribution is 6.06. The van der Waals surface area contributed by atoms with Crippen LogP contribution in [0.4, 0.5) is 0 Å². The van der Waals surface area contributed by atoms with E-state index in [4.69, 9.17) is 0 Å². The number of fused-ring (bicyclic) bond motifs is 5. The Kier molecular flexibility index (Phi) is 3.03. The summed E-state index contributed by atoms with van der Waals surface area (Å²) >= 11 is 0. The molecule has 1 aromatic carbocycles. The zero-order chi connectivity index (χ0) is 18.1. The number of H-pyrrole nitrogens is 1. The number of benzene rings is 1. The number of piperazine rings is 1. The molecular weight excluding hydrogens is 326 g/mol. The van der Waals surface area contributed by atoms with Gasteiger partial charge in [0.25, 0.3) is 11.8 Å². The lowest BCUT2D eigenvalue weighted by molar-refractivity contribution is -0.147. The molecule has 1 N–H and O–H groups in total. The number of para-hydroxylation sites is 1. The van der Waals surface area contributed by atoms with Crippen molar-refractivity contribution < 1.29 is 9.59 Å². The topological polar surface area (TPSA) is 56.4 Å². The third-order valence-electron chi connectivity index (χ3n) is 5.83. The number of aromatic nitrogens is 1. The van der Waals surface area contributed by atoms with Crippen LogP contribution in [0.2, 0.25) is 0 Å². The molecule has 132 valence electrons. The second-order valence-corrected chi connectivity index (χ2v) is 7.86. The van der Waals surface area contributed by atoms with E-state index in [0.717, 1.165) is 28.6 Å². The predicted octanol–water partition coefficient (Wildman–Crippen LogP) is 2.84. The molecule has 1 atom stereocenters. The van der Waals surface area contributed by atoms with E-state index in [2.05, 4.69) is 31.0 Å². The van der Waals surface area contributed by atoms with Crippen LogP contribution in [0.15, 0.2) is 48.3 Å². The Bertz CT molecular complexity index is 1010. The molecule has 3 aliphatic rings. The molecule has 2 aromatic rings. The molecule has 0 saturated carbocycles. The van der Waals surface area contributed by atoms with E-state index in [-0.39, 0.29) is 17.2 Å². The molecule has 1 aromatic heterocycles. The molecular formula is C21H21N3O2. The van der Waals surface area contributed by atoms with Gasteiger partial charge in [-0.2, -0.15) is 0 Å². The van der Waals surface area contributed by atoms with Crippen LogP contribution in [0.3, 0.4) is 0 Å². The fourth-order valence-electron chi connectivity index (χ4n) is 4.43. The molecule has 5 rings (SSSR count). The second kappa shape index (κ2) is 5.10. The summed E-state index contributed by atoms with van der Waals surface area (Å²) in [6.07, 6.45) is 7.01. The van der Waals surface area contributed by atoms with Gasteiger partial charge in [-0.3, -0.25) is 9.59 Å². The van der Waals surface area contributed by atoms with E-state index in [1.165, 1.54) is 0 Å². The summed E-state index contributed by atoms with van der Waals surface area (Å²) in [7, 11) is 0. The van der Waals surface area contributed by atoms with Gasteiger partial charge in [0, 0.05) is 41.2 Å². The minimum absolute atomic E-state index is 0.0222. The molecule has 0 spiro atoms. The maximum Gasteiger partial charge on any atom is 0.274 e. The average molecular weight is 347 g/mol. The number of aromatic amines is 1. The summed E-state index contributed by atoms with van der Waals surface area (Å²) in [4.78, 5) is 33.0. The van der Waals surface area contributed by atoms with Crippen LogP contribution >= 0.6 is 0 Å². The predicted molar refractivity (Wildman–Crippen MR) is 99.2 cm³/mol. The lowest BCUT2D eigenvalue weighted by Crippen LogP contribution is -2.56. The molecule has 1 saturated heterocycles. The van der Waals surface area contributed by atoms with Crippen molar-refractivity contribution in [3.63, 3.8) is 0 Å². The van der Waals surface area contributed by atoms with Gasteiger partial charge in [0.2, 0.25) is 0 Å². The number of carbonyl (C=O) groups is 2. The fraction of sp³-hybridized carbons (Fsp3) is 0.333. The van der Waals surface area contributed by atoms with E-state index >= 15 is 0 Å². The van der Waals surface area contributed by atoms with Crippen molar-refractivity contribution in [2.24, 2.45) is 0 Å². The average Bonchev–Trinajstić information content (AvgIpc) is 3.23. The first kappa shape index (κ1) is 15.4. The molecule has 1 fully saturated rings. The molecule has 3 aliphatic heterocycles. The van der Waals surface area contributed by atoms with Crippen molar-refractivity contribution >= 4 is 22.7 Å². The van der Waals surface area contributed by atoms with E-state index in [1.807, 2.05) is 30.5 Å². The van der Waals surface area contributed by atoms with E-state index < -0.39 is 6.04 Å². The van der Waals surface area contributed by atoms with Gasteiger partial charge in [-0.25, -0.2) is 0 Å². The van der Waals surface area contributed by atoms with E-state index in [9.17, 15) is 9.59 Å². The largest absolute Gasteiger partial charge is 0.357 e. The van der Waals surface area contributed by atoms with Crippen LogP contribution in [0.5, 0.6) is 0 Å². The monoisotopic (exact) mass is 347 g/mol. The van der Waals surface area contributed by atoms with Crippen LogP contribution in [-0.4, -0.2) is 39.2 Å². The number of allylic oxidation sites excluding steroid dienone is 1. The molecule has 0 aliphatic carbocycles. The van der Waals surface area contributed by atoms with E-state index in [1.54, 1.807) is 9.80 Å². The number of nitrogens with one attached hydrogen (secondary N) is 1. The Morgan fingerprint density at radius 3 is 2.85 bits per heavy atom. The summed E-state index contributed by atoms with van der Waals surface area (Å²) in [5.41, 5.74) is 3.61. The summed E-state index contributed by atoms with van der Waals surface area (Å²) in [5, 5.41) is 1.13. The van der Waals surface area contributed by atoms with Crippen LogP contribution in [0.25, 0.3) is 10.9 Å². The first-order chi connectivity index (χ1) is 12.5. The molecule has 0 radical (unpaired) electrons. The van der Waals surface area contributed by atoms with Crippen LogP contribution in [0, 0.1) is 0 Å². The molecule has 0 bridgehead atoms. The highest BCUT2D eigenvalue weighted by Crippen LogP contribution is 2.38. The fourth-order valence-corrected chi connectivity index (χ4v) is 4.43. The quantitative estimate of drug-likeness (QED) is 0.797. The molecule has 5 nitrogen and oxygen atoms in total. The van der Waals surface area contributed by atoms with Crippen molar-refractivity contribution in [2.45, 2.75) is 38.1 Å². The summed E-state index contributed by atoms with van der Waals surface area (Å²) in [6, 6.07) is 7.70. The molecule has 26 heavy (non-hydrogen) atoms. The summed E-state index contributed by atoms with van der Waals surface area (Å²) in [5.74, 6) is -0.0450. The maximum absolute atomic E-state index is 13.1. The highest BCUT2D eigenvalue weighted by Gasteiger charge is 2.45. The number of hydrogen-bond donors (Lipinski definition) is 1. The Morgan fingerprint density at radius 1 is 1.19 bits per heavy atom. The number of rotatable bonds is 0. The van der Waals surface area contributed by atoms with Gasteiger partial charge in [0.15, 0.2) is 0 Å². The third kappa shape index (κ3) is 1.97. The molecule has 1 unspecified atom stereocenters. The van der Waals surface area contributed by atoms with Crippen LogP contribution in [0.1, 0.15) is 31.5 Å². The Labute approximate surface area is 152 Å². The summed E-state index contributed by atoms with van der Waals surface area (Å²) in [6.45, 7) is 4.88. The standard InChI is InChI=1S/C21H21N3O2/c1-21(2)9-11-24-17(20(26)23-10-5-8-16(23)19(24)25)12-14-13-6-3-4-7-15(13)22-18(14)21/h3-4,6-9,11,17,22H,5,10,12H2,1-2H3. The van der Waals surface area contributed by atoms with Crippen molar-refractivity contribution in [2.75, 3.05) is 6.54 Å². The SMILES string of the molecule is CC1(C)C=CN2C(=O)C3=CCCN3C(=O)C2Cc2c1[nH]c1ccccc21. The highest BCUT2D eigenvalue weighted by atomic mass is 16.2. The van der Waals surface area contributed by atoms with Gasteiger partial charge < -0.3 is 14.8 Å². The van der Waals surface area contributed by atoms with Gasteiger partial charge in [0.1, 0.15) is 11.7 Å². The zero-order valence-electron chi connectivity index (χ0n) is 15.0. The van der Waals surface area contributed by atoms with Gasteiger partial charge in [-0.15, -0.1) is 0 Å². The number of carbonyl (C=O) groups excluding carboxylic acids is 2. The van der Waals surface area contributed by atoms with Crippen molar-refractivity contribution in [1.29, 1.82) is 0 Å². The van der Waals surface area contributed by atoms with Gasteiger partial charge in [-0.1, -0.05) is 44.2 Å². The molecule has 2 amide bonds. The number of nitrogens with zero attached hydrogens (tertiary/aromatic N) is 2. The van der Waals surface area contributed by atoms with Gasteiger partial charge >= 0.3 is 0 Å². The Morgan fingerprint density at radius 2 is 2.00 bits per heavy atom. The van der Waals surface area contributed by atoms with Crippen LogP contribution < -0.4 is 0 Å². The third-order valence-corrected chi connectivity index (χ3v) is 5.83. The normalized spacial score (nSPS) is 24.1. The smallest absolute Gasteiger partial charge is 0.274 e. The molecule has 5 heteroatoms. The molecule has 4 heterocycles. The van der Waals surface area contributed by atoms with Gasteiger partial charge in [-0.05, 0) is 18.1 Å². The lowest BCUT2D eigenvalue weighted by atomic mass is 9.83. The van der Waals surface area contributed by atoms with Crippen molar-refractivity contribution in [3.8, 4) is 0 Å². The van der Waals surface area contributed by atoms with Gasteiger partial charge in [0.05, 0.1) is 0 Å². The maximum atomic E-state index is 13.1. The first-order valence-corrected chi connectivity index (χ1v) is 9.11. The zero-order valence-corrected chi connectivity index (χ0v) is 15.0. The first-order valence-electron chi connectivity index (χ1n) is 9.11. The Hall–Kier alpha value is -2.82. The van der Waals surface area contributed by atoms with Crippen molar-refractivity contribution in [3.05, 3.63) is 59.6 Å². The summed E-state index contributed by atoms with van der Waals surface area (Å²) < 4.78 is 0. The van der Waals surface area contributed by atoms with Crippen LogP contribution in [-0.2, 0) is 21.4 Å². The lowest BCUT2D eigenvalue weighted by Gasteiger charge is -2.40. The number of hydrogen-bond acceptors (Lipinski definition) is 2. The minimum Gasteiger partial charge on any atom is -0.357 e. The second-order valence-electron chi connectivity index (χ2n) is 7.86.